The van der Waals surface area contributed by atoms with Gasteiger partial charge in [-0.3, -0.25) is 9.59 Å². The molecule has 0 spiro atoms. The van der Waals surface area contributed by atoms with Crippen LogP contribution in [0.25, 0.3) is 11.7 Å². The van der Waals surface area contributed by atoms with Crippen molar-refractivity contribution < 1.29 is 23.9 Å². The lowest BCUT2D eigenvalue weighted by molar-refractivity contribution is -0.132. The van der Waals surface area contributed by atoms with E-state index in [1.807, 2.05) is 6.08 Å². The van der Waals surface area contributed by atoms with Crippen LogP contribution in [0, 0.1) is 0 Å². The van der Waals surface area contributed by atoms with E-state index in [9.17, 15) is 14.4 Å². The van der Waals surface area contributed by atoms with Gasteiger partial charge in [-0.1, -0.05) is 6.58 Å². The summed E-state index contributed by atoms with van der Waals surface area (Å²) in [6, 6.07) is 2.06. The first kappa shape index (κ1) is 24.8. The lowest BCUT2D eigenvalue weighted by Crippen LogP contribution is -2.51. The Labute approximate surface area is 214 Å². The van der Waals surface area contributed by atoms with E-state index in [0.717, 1.165) is 18.4 Å². The van der Waals surface area contributed by atoms with Crippen LogP contribution in [0.1, 0.15) is 45.6 Å². The van der Waals surface area contributed by atoms with Crippen LogP contribution < -0.4 is 16.0 Å². The molecule has 2 aliphatic heterocycles. The first-order chi connectivity index (χ1) is 17.6. The molecule has 2 saturated heterocycles. The average Bonchev–Trinajstić information content (AvgIpc) is 3.46. The summed E-state index contributed by atoms with van der Waals surface area (Å²) < 4.78 is 12.8. The number of aromatic nitrogens is 3. The Kier molecular flexibility index (Phi) is 6.36. The maximum atomic E-state index is 13.1. The van der Waals surface area contributed by atoms with Crippen LogP contribution in [0.2, 0.25) is 0 Å². The number of carbonyl (C=O) groups excluding carboxylic acids is 3. The molecule has 1 aliphatic carbocycles. The number of rotatable bonds is 5. The number of fused-ring (bicyclic) bond motifs is 1. The lowest BCUT2D eigenvalue weighted by Gasteiger charge is -2.33. The highest BCUT2D eigenvalue weighted by molar-refractivity contribution is 5.95. The molecule has 196 valence electrons. The molecule has 4 heterocycles. The number of nitrogens with zero attached hydrogens (tertiary/aromatic N) is 4. The third-order valence-electron chi connectivity index (χ3n) is 6.05. The summed E-state index contributed by atoms with van der Waals surface area (Å²) in [6.07, 6.45) is 4.46. The number of amides is 3. The summed E-state index contributed by atoms with van der Waals surface area (Å²) >= 11 is 0. The van der Waals surface area contributed by atoms with Crippen LogP contribution >= 0.6 is 0 Å². The van der Waals surface area contributed by atoms with Gasteiger partial charge < -0.3 is 30.3 Å². The van der Waals surface area contributed by atoms with Gasteiger partial charge in [0, 0.05) is 29.9 Å². The van der Waals surface area contributed by atoms with Crippen LogP contribution in [-0.4, -0.2) is 74.8 Å². The smallest absolute Gasteiger partial charge is 0.410 e. The van der Waals surface area contributed by atoms with Gasteiger partial charge in [-0.2, -0.15) is 9.61 Å². The van der Waals surface area contributed by atoms with Gasteiger partial charge in [-0.15, -0.1) is 0 Å². The number of hydrogen-bond acceptors (Lipinski definition) is 8. The molecule has 12 nitrogen and oxygen atoms in total. The molecule has 0 aromatic carbocycles. The van der Waals surface area contributed by atoms with Crippen LogP contribution in [0.15, 0.2) is 30.1 Å². The highest BCUT2D eigenvalue weighted by Gasteiger charge is 2.32. The van der Waals surface area contributed by atoms with E-state index < -0.39 is 23.7 Å². The van der Waals surface area contributed by atoms with Crippen LogP contribution in [0.5, 0.6) is 0 Å². The van der Waals surface area contributed by atoms with Crippen LogP contribution in [0.4, 0.5) is 16.4 Å². The van der Waals surface area contributed by atoms with E-state index in [-0.39, 0.29) is 25.5 Å². The summed E-state index contributed by atoms with van der Waals surface area (Å²) in [7, 11) is 0. The predicted octanol–water partition coefficient (Wildman–Crippen LogP) is 2.29. The number of nitrogens with one attached hydrogen (secondary N) is 3. The maximum Gasteiger partial charge on any atom is 0.410 e. The van der Waals surface area contributed by atoms with E-state index in [1.165, 1.54) is 4.90 Å². The van der Waals surface area contributed by atoms with Crippen molar-refractivity contribution >= 4 is 41.3 Å². The number of morpholine rings is 1. The largest absolute Gasteiger partial charge is 0.444 e. The normalized spacial score (nSPS) is 21.3. The molecule has 3 N–H and O–H groups in total. The molecule has 3 aliphatic rings. The van der Waals surface area contributed by atoms with Crippen molar-refractivity contribution in [3.8, 4) is 0 Å². The number of ether oxygens (including phenoxy) is 2. The Morgan fingerprint density at radius 3 is 2.78 bits per heavy atom. The third-order valence-corrected chi connectivity index (χ3v) is 6.05. The van der Waals surface area contributed by atoms with Crippen molar-refractivity contribution in [3.05, 3.63) is 35.7 Å². The van der Waals surface area contributed by atoms with Crippen molar-refractivity contribution in [2.45, 2.75) is 57.8 Å². The first-order valence-corrected chi connectivity index (χ1v) is 12.3. The fourth-order valence-corrected chi connectivity index (χ4v) is 4.09. The fraction of sp³-hybridized carbons (Fsp3) is 0.480. The molecule has 1 atom stereocenters. The van der Waals surface area contributed by atoms with E-state index >= 15 is 0 Å². The zero-order chi connectivity index (χ0) is 26.3. The Hall–Kier alpha value is -3.93. The van der Waals surface area contributed by atoms with Gasteiger partial charge in [0.05, 0.1) is 25.8 Å². The standard InChI is InChI=1S/C25H31N7O5/c1-14-15(10-21(33)27-14)9-16-12-26-32-20(28-17-5-6-17)11-19(29-22(16)32)30-23(34)18-13-31(7-8-36-18)24(35)37-25(2,3)4/h9,11-12,17-18,28H,1,5-8,10,13H2,2-4H3,(H,27,33)(H,29,30,34)/b15-9+. The molecule has 5 rings (SSSR count). The molecule has 0 radical (unpaired) electrons. The Morgan fingerprint density at radius 1 is 1.32 bits per heavy atom. The molecular formula is C25H31N7O5. The van der Waals surface area contributed by atoms with Crippen molar-refractivity contribution in [3.63, 3.8) is 0 Å². The van der Waals surface area contributed by atoms with E-state index in [2.05, 4.69) is 32.6 Å². The molecule has 0 bridgehead atoms. The van der Waals surface area contributed by atoms with Gasteiger partial charge in [-0.05, 0) is 45.3 Å². The average molecular weight is 510 g/mol. The molecule has 1 unspecified atom stereocenters. The van der Waals surface area contributed by atoms with E-state index in [4.69, 9.17) is 9.47 Å². The molecule has 12 heteroatoms. The van der Waals surface area contributed by atoms with Crippen molar-refractivity contribution in [2.75, 3.05) is 30.3 Å². The number of hydrogen-bond donors (Lipinski definition) is 3. The van der Waals surface area contributed by atoms with Crippen molar-refractivity contribution in [1.82, 2.24) is 24.8 Å². The van der Waals surface area contributed by atoms with Crippen LogP contribution in [-0.2, 0) is 19.1 Å². The quantitative estimate of drug-likeness (QED) is 0.558. The summed E-state index contributed by atoms with van der Waals surface area (Å²) in [5.41, 5.74) is 1.87. The molecule has 2 aromatic rings. The second-order valence-electron chi connectivity index (χ2n) is 10.4. The minimum absolute atomic E-state index is 0.0728. The molecule has 1 saturated carbocycles. The van der Waals surface area contributed by atoms with Crippen molar-refractivity contribution in [1.29, 1.82) is 0 Å². The predicted molar refractivity (Wildman–Crippen MR) is 136 cm³/mol. The lowest BCUT2D eigenvalue weighted by atomic mass is 10.1. The number of anilines is 2. The first-order valence-electron chi connectivity index (χ1n) is 12.3. The number of carbonyl (C=O) groups is 3. The van der Waals surface area contributed by atoms with Gasteiger partial charge in [-0.25, -0.2) is 9.78 Å². The van der Waals surface area contributed by atoms with E-state index in [1.54, 1.807) is 37.5 Å². The minimum Gasteiger partial charge on any atom is -0.444 e. The number of allylic oxidation sites excluding steroid dienone is 1. The molecule has 2 aromatic heterocycles. The summed E-state index contributed by atoms with van der Waals surface area (Å²) in [4.78, 5) is 43.5. The summed E-state index contributed by atoms with van der Waals surface area (Å²) in [6.45, 7) is 9.90. The van der Waals surface area contributed by atoms with E-state index in [0.29, 0.717) is 41.1 Å². The second-order valence-corrected chi connectivity index (χ2v) is 10.4. The third kappa shape index (κ3) is 5.74. The van der Waals surface area contributed by atoms with Gasteiger partial charge in [0.25, 0.3) is 5.91 Å². The van der Waals surface area contributed by atoms with Crippen LogP contribution in [0.3, 0.4) is 0 Å². The Morgan fingerprint density at radius 2 is 2.11 bits per heavy atom. The summed E-state index contributed by atoms with van der Waals surface area (Å²) in [5.74, 6) is 0.476. The molecule has 37 heavy (non-hydrogen) atoms. The highest BCUT2D eigenvalue weighted by atomic mass is 16.6. The van der Waals surface area contributed by atoms with Crippen molar-refractivity contribution in [2.24, 2.45) is 0 Å². The SMILES string of the molecule is C=C1NC(=O)C/C1=C\c1cnn2c(NC3CC3)cc(NC(=O)C3CN(C(=O)OC(C)(C)C)CCO3)nc12. The van der Waals surface area contributed by atoms with Gasteiger partial charge in [0.1, 0.15) is 17.2 Å². The fourth-order valence-electron chi connectivity index (χ4n) is 4.09. The maximum absolute atomic E-state index is 13.1. The Balaban J connectivity index is 1.38. The highest BCUT2D eigenvalue weighted by Crippen LogP contribution is 2.29. The van der Waals surface area contributed by atoms with Gasteiger partial charge in [0.2, 0.25) is 5.91 Å². The van der Waals surface area contributed by atoms with Gasteiger partial charge >= 0.3 is 6.09 Å². The molecule has 3 fully saturated rings. The second kappa shape index (κ2) is 9.51. The Bertz CT molecular complexity index is 1300. The zero-order valence-corrected chi connectivity index (χ0v) is 21.2. The topological polar surface area (TPSA) is 139 Å². The van der Waals surface area contributed by atoms with Gasteiger partial charge in [0.15, 0.2) is 11.8 Å². The monoisotopic (exact) mass is 509 g/mol. The zero-order valence-electron chi connectivity index (χ0n) is 21.2. The minimum atomic E-state index is -0.871. The molecular weight excluding hydrogens is 478 g/mol. The molecule has 3 amide bonds. The summed E-state index contributed by atoms with van der Waals surface area (Å²) in [5, 5.41) is 13.4.